The molecule has 0 aliphatic carbocycles. The van der Waals surface area contributed by atoms with Gasteiger partial charge >= 0.3 is 29.1 Å². The van der Waals surface area contributed by atoms with Gasteiger partial charge in [0.2, 0.25) is 14.7 Å². The Morgan fingerprint density at radius 1 is 0.400 bits per heavy atom. The highest BCUT2D eigenvalue weighted by molar-refractivity contribution is 9.48. The first-order valence-corrected chi connectivity index (χ1v) is 16.2. The maximum absolute atomic E-state index is 12.4. The van der Waals surface area contributed by atoms with Gasteiger partial charge in [-0.2, -0.15) is 0 Å². The largest absolute Gasteiger partial charge is 1.00 e. The molecule has 0 amide bonds. The highest BCUT2D eigenvalue weighted by atomic mass is 79.9. The molecule has 0 aromatic heterocycles. The molecule has 0 nitrogen and oxygen atoms in total. The molecule has 0 aliphatic heterocycles. The van der Waals surface area contributed by atoms with Gasteiger partial charge in [-0.1, -0.05) is 54.6 Å². The standard InChI is InChI=1S/3C6H5BrFS.3FH/c3*7-9(8)6-4-2-1-3-5-6;;;/h3*1-5H;3*1H/q3*+1;;;/p-3. The molecular formula is C18H15Br3F6S3. The summed E-state index contributed by atoms with van der Waals surface area (Å²) in [7, 11) is -3.80. The lowest BCUT2D eigenvalue weighted by Gasteiger charge is -1.82. The Labute approximate surface area is 203 Å². The van der Waals surface area contributed by atoms with Crippen LogP contribution in [0.2, 0.25) is 0 Å². The van der Waals surface area contributed by atoms with E-state index >= 15 is 0 Å². The van der Waals surface area contributed by atoms with Crippen molar-refractivity contribution in [3.05, 3.63) is 91.0 Å². The van der Waals surface area contributed by atoms with Crippen molar-refractivity contribution in [1.82, 2.24) is 0 Å². The maximum Gasteiger partial charge on any atom is 0.321 e. The SMILES string of the molecule is F[S+](Br)c1ccccc1.F[S+](Br)c1ccccc1.F[S+](Br)c1ccccc1.[F-].[F-].[F-]. The first kappa shape index (κ1) is 34.3. The van der Waals surface area contributed by atoms with E-state index in [0.717, 1.165) is 0 Å². The van der Waals surface area contributed by atoms with Gasteiger partial charge in [0.15, 0.2) is 0 Å². The second kappa shape index (κ2) is 20.6. The third-order valence-electron chi connectivity index (χ3n) is 2.76. The fourth-order valence-corrected chi connectivity index (χ4v) is 4.60. The van der Waals surface area contributed by atoms with E-state index in [1.54, 1.807) is 36.4 Å². The van der Waals surface area contributed by atoms with Crippen LogP contribution in [-0.2, 0) is 29.1 Å². The Morgan fingerprint density at radius 3 is 0.667 bits per heavy atom. The zero-order valence-electron chi connectivity index (χ0n) is 14.8. The van der Waals surface area contributed by atoms with E-state index in [1.165, 1.54) is 0 Å². The first-order valence-electron chi connectivity index (χ1n) is 7.27. The smallest absolute Gasteiger partial charge is 0.321 e. The lowest BCUT2D eigenvalue weighted by molar-refractivity contribution is -0.00100. The van der Waals surface area contributed by atoms with Crippen molar-refractivity contribution in [2.24, 2.45) is 0 Å². The van der Waals surface area contributed by atoms with E-state index in [2.05, 4.69) is 44.4 Å². The second-order valence-corrected chi connectivity index (χ2v) is 12.4. The molecule has 3 aromatic carbocycles. The van der Waals surface area contributed by atoms with Gasteiger partial charge < -0.3 is 14.1 Å². The fourth-order valence-electron chi connectivity index (χ4n) is 1.57. The van der Waals surface area contributed by atoms with E-state index in [0.29, 0.717) is 14.7 Å². The molecule has 0 spiro atoms. The molecule has 3 atom stereocenters. The molecule has 3 unspecified atom stereocenters. The number of rotatable bonds is 3. The lowest BCUT2D eigenvalue weighted by Crippen LogP contribution is -3.00. The molecule has 0 radical (unpaired) electrons. The second-order valence-electron chi connectivity index (χ2n) is 4.58. The molecule has 30 heavy (non-hydrogen) atoms. The first-order chi connectivity index (χ1) is 12.9. The van der Waals surface area contributed by atoms with Crippen LogP contribution in [0.1, 0.15) is 0 Å². The number of hydrogen-bond acceptors (Lipinski definition) is 0. The van der Waals surface area contributed by atoms with Gasteiger partial charge in [-0.25, -0.2) is 0 Å². The summed E-state index contributed by atoms with van der Waals surface area (Å²) in [4.78, 5) is 2.08. The van der Waals surface area contributed by atoms with E-state index < -0.39 is 29.1 Å². The van der Waals surface area contributed by atoms with Crippen LogP contribution >= 0.6 is 44.4 Å². The summed E-state index contributed by atoms with van der Waals surface area (Å²) in [6.07, 6.45) is 0. The van der Waals surface area contributed by atoms with Crippen LogP contribution in [0.4, 0.5) is 11.7 Å². The predicted molar refractivity (Wildman–Crippen MR) is 126 cm³/mol. The molecule has 12 heteroatoms. The van der Waals surface area contributed by atoms with Gasteiger partial charge in [0.1, 0.15) is 0 Å². The van der Waals surface area contributed by atoms with E-state index in [-0.39, 0.29) is 14.1 Å². The minimum Gasteiger partial charge on any atom is -1.00 e. The third-order valence-corrected chi connectivity index (χ3v) is 8.01. The highest BCUT2D eigenvalue weighted by Gasteiger charge is 2.18. The van der Waals surface area contributed by atoms with Crippen molar-refractivity contribution >= 4 is 73.6 Å². The average molecular weight is 681 g/mol. The quantitative estimate of drug-likeness (QED) is 0.261. The van der Waals surface area contributed by atoms with Crippen molar-refractivity contribution in [3.63, 3.8) is 0 Å². The average Bonchev–Trinajstić information content (AvgIpc) is 2.71. The summed E-state index contributed by atoms with van der Waals surface area (Å²) in [5, 5.41) is 0. The molecule has 168 valence electrons. The summed E-state index contributed by atoms with van der Waals surface area (Å²) in [5.41, 5.74) is 0. The topological polar surface area (TPSA) is 0 Å². The zero-order valence-corrected chi connectivity index (χ0v) is 22.0. The van der Waals surface area contributed by atoms with E-state index in [4.69, 9.17) is 0 Å². The van der Waals surface area contributed by atoms with Crippen molar-refractivity contribution in [1.29, 1.82) is 0 Å². The molecule has 0 N–H and O–H groups in total. The van der Waals surface area contributed by atoms with Gasteiger partial charge in [0.05, 0.1) is 0 Å². The van der Waals surface area contributed by atoms with Crippen LogP contribution in [0.25, 0.3) is 0 Å². The molecule has 0 saturated carbocycles. The summed E-state index contributed by atoms with van der Waals surface area (Å²) < 4.78 is 37.1. The summed E-state index contributed by atoms with van der Waals surface area (Å²) in [5.74, 6) is 0. The molecule has 0 fully saturated rings. The zero-order chi connectivity index (χ0) is 20.1. The number of halogens is 9. The minimum atomic E-state index is -1.27. The number of benzene rings is 3. The molecule has 3 rings (SSSR count). The van der Waals surface area contributed by atoms with Crippen molar-refractivity contribution in [3.8, 4) is 0 Å². The summed E-state index contributed by atoms with van der Waals surface area (Å²) in [6, 6.07) is 27.0. The molecule has 0 bridgehead atoms. The molecule has 0 heterocycles. The highest BCUT2D eigenvalue weighted by Crippen LogP contribution is 2.21. The Balaban J connectivity index is -0.000000347. The van der Waals surface area contributed by atoms with Crippen molar-refractivity contribution in [2.45, 2.75) is 14.7 Å². The van der Waals surface area contributed by atoms with Crippen LogP contribution in [0.15, 0.2) is 106 Å². The van der Waals surface area contributed by atoms with Crippen molar-refractivity contribution < 1.29 is 25.8 Å². The fraction of sp³-hybridized carbons (Fsp3) is 0. The monoisotopic (exact) mass is 678 g/mol. The van der Waals surface area contributed by atoms with Gasteiger partial charge in [0, 0.05) is 11.7 Å². The van der Waals surface area contributed by atoms with E-state index in [9.17, 15) is 11.7 Å². The molecule has 3 aromatic rings. The Kier molecular flexibility index (Phi) is 23.6. The van der Waals surface area contributed by atoms with Crippen LogP contribution < -0.4 is 14.1 Å². The predicted octanol–water partition coefficient (Wildman–Crippen LogP) is -0.413. The van der Waals surface area contributed by atoms with Gasteiger partial charge in [0.25, 0.3) is 44.4 Å². The minimum absolute atomic E-state index is 0. The van der Waals surface area contributed by atoms with Crippen LogP contribution in [0, 0.1) is 0 Å². The molecule has 0 saturated heterocycles. The maximum atomic E-state index is 12.4. The third kappa shape index (κ3) is 15.5. The Morgan fingerprint density at radius 2 is 0.567 bits per heavy atom. The molecule has 0 aliphatic rings. The van der Waals surface area contributed by atoms with Crippen molar-refractivity contribution in [2.75, 3.05) is 0 Å². The van der Waals surface area contributed by atoms with Gasteiger partial charge in [-0.3, -0.25) is 0 Å². The lowest BCUT2D eigenvalue weighted by atomic mass is 10.4. The summed E-state index contributed by atoms with van der Waals surface area (Å²) in [6.45, 7) is 0. The Hall–Kier alpha value is -0.270. The molecular weight excluding hydrogens is 666 g/mol. The van der Waals surface area contributed by atoms with Crippen LogP contribution in [0.3, 0.4) is 0 Å². The number of hydrogen-bond donors (Lipinski definition) is 0. The van der Waals surface area contributed by atoms with E-state index in [1.807, 2.05) is 54.6 Å². The summed E-state index contributed by atoms with van der Waals surface area (Å²) >= 11 is 8.53. The van der Waals surface area contributed by atoms with Crippen LogP contribution in [-0.4, -0.2) is 0 Å². The Bertz CT molecular complexity index is 639. The van der Waals surface area contributed by atoms with Crippen LogP contribution in [0.5, 0.6) is 0 Å². The van der Waals surface area contributed by atoms with Gasteiger partial charge in [-0.15, -0.1) is 0 Å². The normalized spacial score (nSPS) is 11.8. The van der Waals surface area contributed by atoms with Gasteiger partial charge in [-0.05, 0) is 36.4 Å².